The van der Waals surface area contributed by atoms with Crippen LogP contribution in [0.3, 0.4) is 0 Å². The summed E-state index contributed by atoms with van der Waals surface area (Å²) in [6.45, 7) is 12.6. The number of hydrogen-bond acceptors (Lipinski definition) is 9. The molecular formula is C40H44N6O7. The fraction of sp³-hybridized carbons (Fsp3) is 0.425. The van der Waals surface area contributed by atoms with E-state index in [2.05, 4.69) is 19.9 Å². The minimum atomic E-state index is -0.585. The van der Waals surface area contributed by atoms with E-state index in [0.29, 0.717) is 47.2 Å². The minimum absolute atomic E-state index is 0.199. The number of amides is 2. The average Bonchev–Trinajstić information content (AvgIpc) is 3.92. The smallest absolute Gasteiger partial charge is 0.410 e. The minimum Gasteiger partial charge on any atom is -0.488 e. The van der Waals surface area contributed by atoms with Crippen LogP contribution >= 0.6 is 0 Å². The fourth-order valence-electron chi connectivity index (χ4n) is 7.51. The van der Waals surface area contributed by atoms with Gasteiger partial charge in [-0.05, 0) is 85.4 Å². The Hall–Kier alpha value is -5.59. The topological polar surface area (TPSA) is 156 Å². The number of nitrogens with one attached hydrogen (secondary N) is 2. The number of aromatic amines is 2. The molecule has 2 N–H and O–H groups in total. The highest BCUT2D eigenvalue weighted by molar-refractivity contribution is 5.91. The summed E-state index contributed by atoms with van der Waals surface area (Å²) in [5, 5.41) is 0.786. The molecule has 2 aromatic carbocycles. The summed E-state index contributed by atoms with van der Waals surface area (Å²) in [4.78, 5) is 58.9. The Morgan fingerprint density at radius 2 is 1.34 bits per heavy atom. The molecule has 6 heterocycles. The van der Waals surface area contributed by atoms with Gasteiger partial charge in [0.1, 0.15) is 40.8 Å². The highest BCUT2D eigenvalue weighted by Crippen LogP contribution is 2.42. The molecule has 3 aliphatic heterocycles. The molecule has 0 saturated carbocycles. The molecule has 1 unspecified atom stereocenters. The molecular weight excluding hydrogens is 676 g/mol. The lowest BCUT2D eigenvalue weighted by Crippen LogP contribution is -2.36. The predicted molar refractivity (Wildman–Crippen MR) is 197 cm³/mol. The molecule has 53 heavy (non-hydrogen) atoms. The molecule has 3 aromatic heterocycles. The van der Waals surface area contributed by atoms with Crippen molar-refractivity contribution in [1.29, 1.82) is 0 Å². The summed E-state index contributed by atoms with van der Waals surface area (Å²) < 4.78 is 23.5. The van der Waals surface area contributed by atoms with Gasteiger partial charge >= 0.3 is 17.8 Å². The van der Waals surface area contributed by atoms with E-state index in [-0.39, 0.29) is 30.9 Å². The second-order valence-electron chi connectivity index (χ2n) is 16.0. The van der Waals surface area contributed by atoms with E-state index in [1.807, 2.05) is 77.9 Å². The summed E-state index contributed by atoms with van der Waals surface area (Å²) in [6, 6.07) is 11.0. The van der Waals surface area contributed by atoms with Crippen molar-refractivity contribution >= 4 is 23.2 Å². The van der Waals surface area contributed by atoms with Crippen LogP contribution < -0.4 is 10.4 Å². The maximum Gasteiger partial charge on any atom is 0.410 e. The standard InChI is InChI=1S/C40H44N6O7/c1-39(2,3)52-37(48)45-15-7-9-29(45)34-41-19-27(43-34)22-12-14-25-31(17-22)50-21-26-24-13-11-23(18-32(24)51-36(47)33(25)26)28-20-42-35(44-28)30-10-8-16-46(30)38(49)53-40(4,5)6/h11-14,17-20,29-30H,7-10,15-16,21H2,1-6H3,(H,41,43)(H,42,44)/t29-,30?/m0/s1. The second kappa shape index (κ2) is 12.8. The number of nitrogens with zero attached hydrogens (tertiary/aromatic N) is 4. The third-order valence-electron chi connectivity index (χ3n) is 9.84. The molecule has 2 saturated heterocycles. The first-order chi connectivity index (χ1) is 25.2. The Bertz CT molecular complexity index is 2290. The monoisotopic (exact) mass is 720 g/mol. The lowest BCUT2D eigenvalue weighted by molar-refractivity contribution is 0.0208. The molecule has 5 aromatic rings. The zero-order valence-corrected chi connectivity index (χ0v) is 30.9. The van der Waals surface area contributed by atoms with Crippen molar-refractivity contribution in [1.82, 2.24) is 29.7 Å². The number of carbonyl (C=O) groups is 2. The van der Waals surface area contributed by atoms with Crippen LogP contribution in [0.4, 0.5) is 9.59 Å². The third-order valence-corrected chi connectivity index (χ3v) is 9.84. The maximum absolute atomic E-state index is 13.6. The number of aromatic nitrogens is 4. The predicted octanol–water partition coefficient (Wildman–Crippen LogP) is 8.28. The summed E-state index contributed by atoms with van der Waals surface area (Å²) >= 11 is 0. The Kier molecular flexibility index (Phi) is 8.34. The molecule has 13 heteroatoms. The van der Waals surface area contributed by atoms with E-state index in [1.165, 1.54) is 0 Å². The maximum atomic E-state index is 13.6. The summed E-state index contributed by atoms with van der Waals surface area (Å²) in [5.74, 6) is 1.96. The lowest BCUT2D eigenvalue weighted by atomic mass is 9.94. The number of H-pyrrole nitrogens is 2. The van der Waals surface area contributed by atoms with Crippen LogP contribution in [-0.4, -0.2) is 66.2 Å². The number of carbonyl (C=O) groups excluding carboxylic acids is 2. The Balaban J connectivity index is 1.03. The summed E-state index contributed by atoms with van der Waals surface area (Å²) in [6.07, 6.45) is 6.10. The number of fused-ring (bicyclic) bond motifs is 5. The van der Waals surface area contributed by atoms with Crippen molar-refractivity contribution in [3.8, 4) is 39.4 Å². The van der Waals surface area contributed by atoms with Gasteiger partial charge < -0.3 is 28.6 Å². The Morgan fingerprint density at radius 3 is 1.91 bits per heavy atom. The first-order valence-electron chi connectivity index (χ1n) is 18.2. The van der Waals surface area contributed by atoms with Crippen LogP contribution in [0.25, 0.3) is 44.6 Å². The van der Waals surface area contributed by atoms with Crippen LogP contribution in [0, 0.1) is 0 Å². The largest absolute Gasteiger partial charge is 0.488 e. The molecule has 276 valence electrons. The van der Waals surface area contributed by atoms with Gasteiger partial charge in [-0.2, -0.15) is 0 Å². The zero-order chi connectivity index (χ0) is 37.2. The molecule has 2 amide bonds. The Morgan fingerprint density at radius 1 is 0.792 bits per heavy atom. The van der Waals surface area contributed by atoms with Gasteiger partial charge in [0.25, 0.3) is 0 Å². The van der Waals surface area contributed by atoms with E-state index in [0.717, 1.165) is 59.1 Å². The van der Waals surface area contributed by atoms with E-state index >= 15 is 0 Å². The van der Waals surface area contributed by atoms with Crippen LogP contribution in [-0.2, 0) is 16.1 Å². The first-order valence-corrected chi connectivity index (χ1v) is 18.2. The van der Waals surface area contributed by atoms with Crippen molar-refractivity contribution in [3.05, 3.63) is 76.4 Å². The number of benzene rings is 2. The van der Waals surface area contributed by atoms with E-state index in [9.17, 15) is 14.4 Å². The van der Waals surface area contributed by atoms with Crippen molar-refractivity contribution in [2.24, 2.45) is 0 Å². The van der Waals surface area contributed by atoms with Gasteiger partial charge in [0.2, 0.25) is 0 Å². The van der Waals surface area contributed by atoms with Crippen molar-refractivity contribution in [2.45, 2.75) is 97.1 Å². The van der Waals surface area contributed by atoms with E-state index < -0.39 is 16.8 Å². The molecule has 2 atom stereocenters. The molecule has 0 spiro atoms. The molecule has 8 rings (SSSR count). The highest BCUT2D eigenvalue weighted by atomic mass is 16.6. The summed E-state index contributed by atoms with van der Waals surface area (Å²) in [5.41, 5.74) is 3.90. The molecule has 0 aliphatic carbocycles. The number of imidazole rings is 2. The van der Waals surface area contributed by atoms with Gasteiger partial charge in [0, 0.05) is 40.7 Å². The zero-order valence-electron chi connectivity index (χ0n) is 30.9. The van der Waals surface area contributed by atoms with Crippen LogP contribution in [0.15, 0.2) is 58.0 Å². The third kappa shape index (κ3) is 6.64. The van der Waals surface area contributed by atoms with Crippen molar-refractivity contribution in [2.75, 3.05) is 13.1 Å². The van der Waals surface area contributed by atoms with Crippen molar-refractivity contribution < 1.29 is 28.2 Å². The van der Waals surface area contributed by atoms with Gasteiger partial charge in [-0.1, -0.05) is 18.2 Å². The van der Waals surface area contributed by atoms with Crippen LogP contribution in [0.1, 0.15) is 96.5 Å². The lowest BCUT2D eigenvalue weighted by Gasteiger charge is -2.27. The SMILES string of the molecule is CC(C)(C)OC(=O)N1CCCC1c1ncc(-c2ccc3c4c(c(=O)oc3c2)-c2ccc(-c3cnc([C@@H]5CCCN5C(=O)OC(C)(C)C)[nH]3)cc2OC4)[nH]1. The van der Waals surface area contributed by atoms with Crippen LogP contribution in [0.5, 0.6) is 5.75 Å². The molecule has 0 radical (unpaired) electrons. The van der Waals surface area contributed by atoms with Gasteiger partial charge in [0.05, 0.1) is 41.4 Å². The molecule has 0 bridgehead atoms. The number of hydrogen-bond donors (Lipinski definition) is 2. The number of ether oxygens (including phenoxy) is 3. The first kappa shape index (κ1) is 34.5. The van der Waals surface area contributed by atoms with E-state index in [4.69, 9.17) is 18.6 Å². The van der Waals surface area contributed by atoms with E-state index in [1.54, 1.807) is 22.2 Å². The van der Waals surface area contributed by atoms with Crippen LogP contribution in [0.2, 0.25) is 0 Å². The molecule has 2 fully saturated rings. The van der Waals surface area contributed by atoms with Gasteiger partial charge in [0.15, 0.2) is 0 Å². The van der Waals surface area contributed by atoms with Gasteiger partial charge in [-0.3, -0.25) is 9.80 Å². The second-order valence-corrected chi connectivity index (χ2v) is 16.0. The quantitative estimate of drug-likeness (QED) is 0.175. The average molecular weight is 721 g/mol. The Labute approximate surface area is 306 Å². The molecule has 3 aliphatic rings. The molecule has 13 nitrogen and oxygen atoms in total. The van der Waals surface area contributed by atoms with Crippen molar-refractivity contribution in [3.63, 3.8) is 0 Å². The highest BCUT2D eigenvalue weighted by Gasteiger charge is 2.36. The van der Waals surface area contributed by atoms with Gasteiger partial charge in [-0.25, -0.2) is 24.4 Å². The number of likely N-dealkylation sites (tertiary alicyclic amines) is 2. The normalized spacial score (nSPS) is 18.5. The fourth-order valence-corrected chi connectivity index (χ4v) is 7.51. The number of rotatable bonds is 4. The van der Waals surface area contributed by atoms with Gasteiger partial charge in [-0.15, -0.1) is 0 Å². The summed E-state index contributed by atoms with van der Waals surface area (Å²) in [7, 11) is 0.